The fraction of sp³-hybridized carbons (Fsp3) is 0.341. The molecule has 3 aromatic carbocycles. The van der Waals surface area contributed by atoms with Gasteiger partial charge in [0, 0.05) is 79.7 Å². The van der Waals surface area contributed by atoms with Gasteiger partial charge in [0.05, 0.1) is 22.8 Å². The minimum absolute atomic E-state index is 0.0344. The molecule has 3 N–H and O–H groups in total. The highest BCUT2D eigenvalue weighted by Crippen LogP contribution is 2.36. The number of benzene rings is 3. The van der Waals surface area contributed by atoms with Crippen molar-refractivity contribution in [1.82, 2.24) is 30.0 Å². The van der Waals surface area contributed by atoms with Gasteiger partial charge in [0.15, 0.2) is 0 Å². The van der Waals surface area contributed by atoms with Gasteiger partial charge in [0.1, 0.15) is 29.8 Å². The van der Waals surface area contributed by atoms with Crippen LogP contribution in [0, 0.1) is 5.82 Å². The number of amides is 5. The molecule has 2 fully saturated rings. The van der Waals surface area contributed by atoms with E-state index in [2.05, 4.69) is 37.4 Å². The molecule has 1 atom stereocenters. The largest absolute Gasteiger partial charge is 0.491 e. The average molecular weight is 829 g/mol. The maximum Gasteiger partial charge on any atom is 0.255 e. The van der Waals surface area contributed by atoms with Gasteiger partial charge in [-0.15, -0.1) is 11.8 Å². The number of piperidine rings is 1. The summed E-state index contributed by atoms with van der Waals surface area (Å²) in [5.74, 6) is -0.195. The minimum Gasteiger partial charge on any atom is -0.491 e. The van der Waals surface area contributed by atoms with Crippen molar-refractivity contribution in [1.29, 1.82) is 0 Å². The Morgan fingerprint density at radius 1 is 1.07 bits per heavy atom. The van der Waals surface area contributed by atoms with Crippen LogP contribution in [0.15, 0.2) is 72.4 Å². The number of rotatable bonds is 15. The molecule has 4 heterocycles. The first kappa shape index (κ1) is 40.6. The number of piperazine rings is 1. The molecule has 0 radical (unpaired) electrons. The Morgan fingerprint density at radius 2 is 1.90 bits per heavy atom. The summed E-state index contributed by atoms with van der Waals surface area (Å²) in [4.78, 5) is 78.1. The number of nitrogens with zero attached hydrogens (tertiary/aromatic N) is 5. The lowest BCUT2D eigenvalue weighted by Crippen LogP contribution is -2.52. The lowest BCUT2D eigenvalue weighted by Gasteiger charge is -2.34. The Kier molecular flexibility index (Phi) is 12.8. The summed E-state index contributed by atoms with van der Waals surface area (Å²) in [6.45, 7) is 7.78. The van der Waals surface area contributed by atoms with Gasteiger partial charge in [-0.3, -0.25) is 34.2 Å². The van der Waals surface area contributed by atoms with Crippen molar-refractivity contribution in [2.75, 3.05) is 55.7 Å². The van der Waals surface area contributed by atoms with Gasteiger partial charge in [-0.2, -0.15) is 0 Å². The van der Waals surface area contributed by atoms with Gasteiger partial charge >= 0.3 is 0 Å². The second-order valence-corrected chi connectivity index (χ2v) is 15.6. The smallest absolute Gasteiger partial charge is 0.255 e. The standard InChI is InChI=1S/C41H42ClFN8O6S/c1-2-36(52)47-32-21-27-31(44-24-45-39(27)46-25-9-10-30(43)29(42)20-25)22-34(32)57-18-5-13-49-14-16-50(17-15-49)38(54)8-4-19-58-35-7-3-6-26-28(35)23-51(41(26)56)33-11-12-37(53)48-40(33)55/h2-3,6-7,9-10,20-22,24,33H,1,4-5,8,11-19,23H2,(H,47,52)(H,44,45,46)(H,48,53,55). The van der Waals surface area contributed by atoms with Crippen molar-refractivity contribution in [3.63, 3.8) is 0 Å². The Hall–Kier alpha value is -5.58. The number of hydrogen-bond acceptors (Lipinski definition) is 11. The van der Waals surface area contributed by atoms with E-state index in [4.69, 9.17) is 16.3 Å². The summed E-state index contributed by atoms with van der Waals surface area (Å²) in [7, 11) is 0. The van der Waals surface area contributed by atoms with Crippen molar-refractivity contribution < 1.29 is 33.1 Å². The zero-order chi connectivity index (χ0) is 40.8. The SMILES string of the molecule is C=CC(=O)Nc1cc2c(Nc3ccc(F)c(Cl)c3)ncnc2cc1OCCCN1CCN(C(=O)CCCSc2cccc3c2CN(C2CCC(=O)NC2=O)C3=O)CC1. The van der Waals surface area contributed by atoms with Crippen molar-refractivity contribution in [3.05, 3.63) is 89.5 Å². The van der Waals surface area contributed by atoms with Crippen molar-refractivity contribution in [2.24, 2.45) is 0 Å². The van der Waals surface area contributed by atoms with Crippen LogP contribution in [0.2, 0.25) is 5.02 Å². The van der Waals surface area contributed by atoms with Crippen LogP contribution in [-0.2, 0) is 25.7 Å². The van der Waals surface area contributed by atoms with E-state index in [0.29, 0.717) is 97.1 Å². The van der Waals surface area contributed by atoms with Crippen molar-refractivity contribution in [3.8, 4) is 5.75 Å². The van der Waals surface area contributed by atoms with E-state index in [-0.39, 0.29) is 29.2 Å². The molecule has 0 aliphatic carbocycles. The summed E-state index contributed by atoms with van der Waals surface area (Å²) in [5.41, 5.74) is 2.98. The van der Waals surface area contributed by atoms with Crippen LogP contribution < -0.4 is 20.7 Å². The fourth-order valence-electron chi connectivity index (χ4n) is 7.24. The lowest BCUT2D eigenvalue weighted by atomic mass is 10.0. The normalized spacial score (nSPS) is 16.9. The molecule has 14 nitrogen and oxygen atoms in total. The van der Waals surface area contributed by atoms with E-state index in [0.717, 1.165) is 30.1 Å². The number of thioether (sulfide) groups is 1. The third-order valence-corrected chi connectivity index (χ3v) is 11.8. The van der Waals surface area contributed by atoms with E-state index in [1.807, 2.05) is 17.0 Å². The number of aromatic nitrogens is 2. The number of halogens is 2. The van der Waals surface area contributed by atoms with Crippen LogP contribution >= 0.6 is 23.4 Å². The van der Waals surface area contributed by atoms with Crippen molar-refractivity contribution in [2.45, 2.75) is 49.6 Å². The molecule has 5 amide bonds. The number of hydrogen-bond donors (Lipinski definition) is 3. The summed E-state index contributed by atoms with van der Waals surface area (Å²) < 4.78 is 19.9. The molecule has 58 heavy (non-hydrogen) atoms. The molecular formula is C41H42ClFN8O6S. The summed E-state index contributed by atoms with van der Waals surface area (Å²) in [6, 6.07) is 12.6. The monoisotopic (exact) mass is 828 g/mol. The Balaban J connectivity index is 0.852. The predicted octanol–water partition coefficient (Wildman–Crippen LogP) is 5.54. The van der Waals surface area contributed by atoms with Crippen LogP contribution in [-0.4, -0.2) is 105 Å². The summed E-state index contributed by atoms with van der Waals surface area (Å²) >= 11 is 7.57. The molecular weight excluding hydrogens is 787 g/mol. The molecule has 1 unspecified atom stereocenters. The zero-order valence-corrected chi connectivity index (χ0v) is 33.2. The van der Waals surface area contributed by atoms with Crippen LogP contribution in [0.4, 0.5) is 21.6 Å². The van der Waals surface area contributed by atoms with Crippen LogP contribution in [0.25, 0.3) is 10.9 Å². The summed E-state index contributed by atoms with van der Waals surface area (Å²) in [5, 5.41) is 8.83. The van der Waals surface area contributed by atoms with Crippen LogP contribution in [0.5, 0.6) is 5.75 Å². The maximum absolute atomic E-state index is 13.7. The minimum atomic E-state index is -0.657. The van der Waals surface area contributed by atoms with Crippen molar-refractivity contribution >= 4 is 81.0 Å². The number of imide groups is 1. The third kappa shape index (κ3) is 9.41. The van der Waals surface area contributed by atoms with E-state index in [1.165, 1.54) is 30.6 Å². The van der Waals surface area contributed by atoms with Gasteiger partial charge in [-0.25, -0.2) is 14.4 Å². The molecule has 3 aliphatic heterocycles. The van der Waals surface area contributed by atoms with E-state index >= 15 is 0 Å². The fourth-order valence-corrected chi connectivity index (χ4v) is 8.45. The first-order valence-electron chi connectivity index (χ1n) is 19.0. The topological polar surface area (TPSA) is 166 Å². The second-order valence-electron chi connectivity index (χ2n) is 14.1. The average Bonchev–Trinajstić information content (AvgIpc) is 3.56. The molecule has 4 aromatic rings. The van der Waals surface area contributed by atoms with E-state index < -0.39 is 23.7 Å². The molecule has 3 aliphatic rings. The highest BCUT2D eigenvalue weighted by Gasteiger charge is 2.39. The second kappa shape index (κ2) is 18.3. The first-order valence-corrected chi connectivity index (χ1v) is 20.4. The molecule has 0 spiro atoms. The van der Waals surface area contributed by atoms with Gasteiger partial charge in [0.25, 0.3) is 5.91 Å². The third-order valence-electron chi connectivity index (χ3n) is 10.3. The van der Waals surface area contributed by atoms with Gasteiger partial charge in [0.2, 0.25) is 23.6 Å². The highest BCUT2D eigenvalue weighted by atomic mass is 35.5. The quantitative estimate of drug-likeness (QED) is 0.0597. The molecule has 0 bridgehead atoms. The highest BCUT2D eigenvalue weighted by molar-refractivity contribution is 7.99. The number of ether oxygens (including phenoxy) is 1. The number of carbonyl (C=O) groups is 5. The van der Waals surface area contributed by atoms with E-state index in [1.54, 1.807) is 34.9 Å². The molecule has 2 saturated heterocycles. The Bertz CT molecular complexity index is 2270. The van der Waals surface area contributed by atoms with Crippen LogP contribution in [0.1, 0.15) is 48.0 Å². The number of nitrogens with one attached hydrogen (secondary N) is 3. The van der Waals surface area contributed by atoms with E-state index in [9.17, 15) is 28.4 Å². The Morgan fingerprint density at radius 3 is 2.67 bits per heavy atom. The molecule has 302 valence electrons. The zero-order valence-electron chi connectivity index (χ0n) is 31.6. The lowest BCUT2D eigenvalue weighted by molar-refractivity contribution is -0.137. The van der Waals surface area contributed by atoms with Gasteiger partial charge in [-0.1, -0.05) is 24.2 Å². The predicted molar refractivity (Wildman–Crippen MR) is 219 cm³/mol. The molecule has 17 heteroatoms. The molecule has 0 saturated carbocycles. The number of carbonyl (C=O) groups excluding carboxylic acids is 5. The molecule has 7 rings (SSSR count). The Labute approximate surface area is 343 Å². The maximum atomic E-state index is 13.7. The first-order chi connectivity index (χ1) is 28.1. The van der Waals surface area contributed by atoms with Gasteiger partial charge < -0.3 is 25.2 Å². The molecule has 1 aromatic heterocycles. The van der Waals surface area contributed by atoms with Crippen LogP contribution in [0.3, 0.4) is 0 Å². The number of anilines is 3. The van der Waals surface area contributed by atoms with Gasteiger partial charge in [-0.05, 0) is 73.1 Å². The number of fused-ring (bicyclic) bond motifs is 2. The summed E-state index contributed by atoms with van der Waals surface area (Å²) in [6.07, 6.45) is 4.91.